The summed E-state index contributed by atoms with van der Waals surface area (Å²) in [7, 11) is 0. The SMILES string of the molecule is O=C(NCC1(O)CCC1)NC1CC1c1cccc(Cl)c1. The summed E-state index contributed by atoms with van der Waals surface area (Å²) in [5.74, 6) is 0.353. The van der Waals surface area contributed by atoms with Gasteiger partial charge in [-0.2, -0.15) is 0 Å². The van der Waals surface area contributed by atoms with Crippen molar-refractivity contribution in [3.05, 3.63) is 34.9 Å². The van der Waals surface area contributed by atoms with Crippen LogP contribution < -0.4 is 10.6 Å². The lowest BCUT2D eigenvalue weighted by atomic mass is 9.80. The molecule has 2 saturated carbocycles. The average Bonchev–Trinajstić information content (AvgIpc) is 3.13. The number of urea groups is 1. The van der Waals surface area contributed by atoms with Crippen LogP contribution >= 0.6 is 11.6 Å². The van der Waals surface area contributed by atoms with Crippen LogP contribution in [-0.2, 0) is 0 Å². The predicted octanol–water partition coefficient (Wildman–Crippen LogP) is 2.41. The first kappa shape index (κ1) is 13.7. The highest BCUT2D eigenvalue weighted by atomic mass is 35.5. The van der Waals surface area contributed by atoms with Crippen molar-refractivity contribution in [2.45, 2.75) is 43.2 Å². The van der Waals surface area contributed by atoms with E-state index in [0.29, 0.717) is 12.5 Å². The molecule has 0 radical (unpaired) electrons. The quantitative estimate of drug-likeness (QED) is 0.798. The smallest absolute Gasteiger partial charge is 0.315 e. The van der Waals surface area contributed by atoms with Crippen LogP contribution in [0.2, 0.25) is 5.02 Å². The Morgan fingerprint density at radius 2 is 2.25 bits per heavy atom. The van der Waals surface area contributed by atoms with Crippen LogP contribution in [0, 0.1) is 0 Å². The van der Waals surface area contributed by atoms with Crippen LogP contribution in [-0.4, -0.2) is 29.3 Å². The van der Waals surface area contributed by atoms with Crippen molar-refractivity contribution in [2.24, 2.45) is 0 Å². The molecule has 2 unspecified atom stereocenters. The maximum Gasteiger partial charge on any atom is 0.315 e. The molecule has 0 spiro atoms. The van der Waals surface area contributed by atoms with Gasteiger partial charge in [-0.1, -0.05) is 23.7 Å². The summed E-state index contributed by atoms with van der Waals surface area (Å²) in [5, 5.41) is 16.3. The first-order valence-electron chi connectivity index (χ1n) is 7.08. The van der Waals surface area contributed by atoms with Crippen LogP contribution in [0.1, 0.15) is 37.2 Å². The first-order valence-corrected chi connectivity index (χ1v) is 7.46. The van der Waals surface area contributed by atoms with E-state index in [4.69, 9.17) is 11.6 Å². The number of benzene rings is 1. The summed E-state index contributed by atoms with van der Waals surface area (Å²) in [6, 6.07) is 7.74. The standard InChI is InChI=1S/C15H19ClN2O2/c16-11-4-1-3-10(7-11)12-8-13(12)18-14(19)17-9-15(20)5-2-6-15/h1,3-4,7,12-13,20H,2,5-6,8-9H2,(H2,17,18,19). The molecule has 0 aromatic heterocycles. The third-order valence-corrected chi connectivity index (χ3v) is 4.48. The van der Waals surface area contributed by atoms with Crippen molar-refractivity contribution in [2.75, 3.05) is 6.54 Å². The van der Waals surface area contributed by atoms with Crippen LogP contribution in [0.15, 0.2) is 24.3 Å². The van der Waals surface area contributed by atoms with Crippen molar-refractivity contribution in [3.8, 4) is 0 Å². The van der Waals surface area contributed by atoms with E-state index in [2.05, 4.69) is 10.6 Å². The molecule has 2 aliphatic carbocycles. The molecule has 3 rings (SSSR count). The van der Waals surface area contributed by atoms with Gasteiger partial charge in [0.15, 0.2) is 0 Å². The molecule has 3 N–H and O–H groups in total. The maximum absolute atomic E-state index is 11.8. The molecule has 5 heteroatoms. The summed E-state index contributed by atoms with van der Waals surface area (Å²) < 4.78 is 0. The monoisotopic (exact) mass is 294 g/mol. The largest absolute Gasteiger partial charge is 0.388 e. The molecule has 0 saturated heterocycles. The Morgan fingerprint density at radius 1 is 1.45 bits per heavy atom. The molecule has 0 heterocycles. The zero-order valence-corrected chi connectivity index (χ0v) is 12.0. The van der Waals surface area contributed by atoms with Gasteiger partial charge in [-0.05, 0) is 43.4 Å². The van der Waals surface area contributed by atoms with Gasteiger partial charge in [-0.25, -0.2) is 4.79 Å². The summed E-state index contributed by atoms with van der Waals surface area (Å²) in [6.07, 6.45) is 3.54. The fraction of sp³-hybridized carbons (Fsp3) is 0.533. The van der Waals surface area contributed by atoms with Crippen molar-refractivity contribution >= 4 is 17.6 Å². The normalized spacial score (nSPS) is 26.5. The fourth-order valence-electron chi connectivity index (χ4n) is 2.69. The maximum atomic E-state index is 11.8. The lowest BCUT2D eigenvalue weighted by Crippen LogP contribution is -2.50. The van der Waals surface area contributed by atoms with E-state index < -0.39 is 5.60 Å². The molecule has 20 heavy (non-hydrogen) atoms. The second-order valence-electron chi connectivity index (χ2n) is 5.91. The minimum atomic E-state index is -0.673. The predicted molar refractivity (Wildman–Crippen MR) is 77.9 cm³/mol. The number of carbonyl (C=O) groups excluding carboxylic acids is 1. The van der Waals surface area contributed by atoms with Gasteiger partial charge in [0.25, 0.3) is 0 Å². The Hall–Kier alpha value is -1.26. The third-order valence-electron chi connectivity index (χ3n) is 4.25. The van der Waals surface area contributed by atoms with Crippen LogP contribution in [0.3, 0.4) is 0 Å². The zero-order valence-electron chi connectivity index (χ0n) is 11.2. The van der Waals surface area contributed by atoms with Gasteiger partial charge in [0, 0.05) is 23.5 Å². The number of amides is 2. The van der Waals surface area contributed by atoms with E-state index in [1.165, 1.54) is 5.56 Å². The van der Waals surface area contributed by atoms with Gasteiger partial charge in [-0.3, -0.25) is 0 Å². The molecule has 1 aromatic rings. The number of rotatable bonds is 4. The number of halogens is 1. The highest BCUT2D eigenvalue weighted by molar-refractivity contribution is 6.30. The van der Waals surface area contributed by atoms with Gasteiger partial charge in [-0.15, -0.1) is 0 Å². The summed E-state index contributed by atoms with van der Waals surface area (Å²) in [6.45, 7) is 0.341. The van der Waals surface area contributed by atoms with Gasteiger partial charge in [0.1, 0.15) is 0 Å². The molecule has 1 aromatic carbocycles. The van der Waals surface area contributed by atoms with Crippen molar-refractivity contribution in [3.63, 3.8) is 0 Å². The first-order chi connectivity index (χ1) is 9.56. The molecule has 2 amide bonds. The Morgan fingerprint density at radius 3 is 2.90 bits per heavy atom. The molecule has 2 atom stereocenters. The molecule has 0 bridgehead atoms. The van der Waals surface area contributed by atoms with Crippen molar-refractivity contribution in [1.82, 2.24) is 10.6 Å². The minimum Gasteiger partial charge on any atom is -0.388 e. The summed E-state index contributed by atoms with van der Waals surface area (Å²) in [4.78, 5) is 11.8. The van der Waals surface area contributed by atoms with Gasteiger partial charge >= 0.3 is 6.03 Å². The van der Waals surface area contributed by atoms with Crippen molar-refractivity contribution < 1.29 is 9.90 Å². The van der Waals surface area contributed by atoms with E-state index in [9.17, 15) is 9.90 Å². The second kappa shape index (κ2) is 5.26. The Bertz CT molecular complexity index is 516. The Balaban J connectivity index is 1.44. The van der Waals surface area contributed by atoms with Gasteiger partial charge in [0.2, 0.25) is 0 Å². The zero-order chi connectivity index (χ0) is 14.2. The topological polar surface area (TPSA) is 61.4 Å². The Kier molecular flexibility index (Phi) is 3.61. The second-order valence-corrected chi connectivity index (χ2v) is 6.35. The summed E-state index contributed by atoms with van der Waals surface area (Å²) in [5.41, 5.74) is 0.494. The molecule has 4 nitrogen and oxygen atoms in total. The lowest BCUT2D eigenvalue weighted by molar-refractivity contribution is -0.0290. The van der Waals surface area contributed by atoms with E-state index in [-0.39, 0.29) is 12.1 Å². The molecule has 2 aliphatic rings. The fourth-order valence-corrected chi connectivity index (χ4v) is 2.88. The summed E-state index contributed by atoms with van der Waals surface area (Å²) >= 11 is 5.96. The number of hydrogen-bond donors (Lipinski definition) is 3. The number of nitrogens with one attached hydrogen (secondary N) is 2. The molecular formula is C15H19ClN2O2. The molecule has 0 aliphatic heterocycles. The van der Waals surface area contributed by atoms with Crippen LogP contribution in [0.5, 0.6) is 0 Å². The molecule has 2 fully saturated rings. The average molecular weight is 295 g/mol. The third kappa shape index (κ3) is 3.07. The van der Waals surface area contributed by atoms with E-state index >= 15 is 0 Å². The van der Waals surface area contributed by atoms with E-state index in [1.54, 1.807) is 0 Å². The minimum absolute atomic E-state index is 0.171. The highest BCUT2D eigenvalue weighted by Gasteiger charge is 2.40. The number of carbonyl (C=O) groups is 1. The van der Waals surface area contributed by atoms with Gasteiger partial charge in [0.05, 0.1) is 5.60 Å². The van der Waals surface area contributed by atoms with Crippen molar-refractivity contribution in [1.29, 1.82) is 0 Å². The number of aliphatic hydroxyl groups is 1. The molecule has 108 valence electrons. The lowest BCUT2D eigenvalue weighted by Gasteiger charge is -2.36. The van der Waals surface area contributed by atoms with E-state index in [0.717, 1.165) is 30.7 Å². The number of hydrogen-bond acceptors (Lipinski definition) is 2. The van der Waals surface area contributed by atoms with Crippen LogP contribution in [0.25, 0.3) is 0 Å². The Labute approximate surface area is 123 Å². The van der Waals surface area contributed by atoms with Gasteiger partial charge < -0.3 is 15.7 Å². The van der Waals surface area contributed by atoms with E-state index in [1.807, 2.05) is 24.3 Å². The molecular weight excluding hydrogens is 276 g/mol. The highest BCUT2D eigenvalue weighted by Crippen LogP contribution is 2.41. The van der Waals surface area contributed by atoms with Crippen LogP contribution in [0.4, 0.5) is 4.79 Å².